The Bertz CT molecular complexity index is 1240. The van der Waals surface area contributed by atoms with Gasteiger partial charge in [-0.15, -0.1) is 0 Å². The van der Waals surface area contributed by atoms with Crippen LogP contribution < -0.4 is 29.6 Å². The summed E-state index contributed by atoms with van der Waals surface area (Å²) in [6, 6.07) is 9.26. The molecule has 10 nitrogen and oxygen atoms in total. The number of amides is 1. The summed E-state index contributed by atoms with van der Waals surface area (Å²) >= 11 is 0. The number of nitrogen functional groups attached to an aromatic ring is 1. The summed E-state index contributed by atoms with van der Waals surface area (Å²) in [5.41, 5.74) is 7.85. The zero-order valence-electron chi connectivity index (χ0n) is 19.4. The van der Waals surface area contributed by atoms with Crippen LogP contribution in [0.4, 0.5) is 11.8 Å². The third-order valence-electron chi connectivity index (χ3n) is 6.19. The highest BCUT2D eigenvalue weighted by Gasteiger charge is 2.33. The van der Waals surface area contributed by atoms with Gasteiger partial charge >= 0.3 is 0 Å². The van der Waals surface area contributed by atoms with E-state index < -0.39 is 6.10 Å². The predicted octanol–water partition coefficient (Wildman–Crippen LogP) is 2.03. The number of hydrogen-bond acceptors (Lipinski definition) is 9. The molecule has 0 saturated carbocycles. The van der Waals surface area contributed by atoms with Crippen LogP contribution in [0.15, 0.2) is 30.3 Å². The first-order valence-electron chi connectivity index (χ1n) is 11.1. The number of para-hydroxylation sites is 1. The molecule has 1 fully saturated rings. The first-order chi connectivity index (χ1) is 16.5. The molecule has 1 saturated heterocycles. The highest BCUT2D eigenvalue weighted by atomic mass is 16.6. The van der Waals surface area contributed by atoms with Gasteiger partial charge in [0.05, 0.1) is 19.7 Å². The maximum Gasteiger partial charge on any atom is 0.267 e. The number of fused-ring (bicyclic) bond motifs is 2. The molecule has 1 aromatic heterocycles. The average Bonchev–Trinajstić information content (AvgIpc) is 2.87. The van der Waals surface area contributed by atoms with Crippen molar-refractivity contribution in [2.75, 3.05) is 57.6 Å². The number of aryl methyl sites for hydroxylation is 1. The van der Waals surface area contributed by atoms with E-state index in [1.165, 1.54) is 0 Å². The smallest absolute Gasteiger partial charge is 0.267 e. The molecule has 0 radical (unpaired) electrons. The highest BCUT2D eigenvalue weighted by molar-refractivity contribution is 5.91. The van der Waals surface area contributed by atoms with Gasteiger partial charge in [-0.2, -0.15) is 4.98 Å². The highest BCUT2D eigenvalue weighted by Crippen LogP contribution is 2.36. The number of benzene rings is 2. The summed E-state index contributed by atoms with van der Waals surface area (Å²) < 4.78 is 22.5. The third-order valence-corrected chi connectivity index (χ3v) is 6.19. The van der Waals surface area contributed by atoms with Crippen LogP contribution in [-0.4, -0.2) is 73.9 Å². The fourth-order valence-electron chi connectivity index (χ4n) is 4.29. The topological polar surface area (TPSA) is 112 Å². The molecule has 5 rings (SSSR count). The molecule has 0 bridgehead atoms. The Hall–Kier alpha value is -3.95. The normalized spacial score (nSPS) is 17.6. The van der Waals surface area contributed by atoms with Gasteiger partial charge in [0.15, 0.2) is 23.0 Å². The fourth-order valence-corrected chi connectivity index (χ4v) is 4.29. The molecular weight excluding hydrogens is 438 g/mol. The standard InChI is InChI=1S/C24H27N5O5/c1-14-5-4-6-17-21(14)34-20(13-33-17)23(30)28-7-9-29(10-8-28)24-26-16-12-19(32-3)18(31-2)11-15(16)22(25)27-24/h4-6,11-12,20H,7-10,13H2,1-3H3,(H2,25,26,27). The summed E-state index contributed by atoms with van der Waals surface area (Å²) in [6.07, 6.45) is -0.657. The van der Waals surface area contributed by atoms with Crippen LogP contribution in [0.5, 0.6) is 23.0 Å². The molecule has 10 heteroatoms. The van der Waals surface area contributed by atoms with Gasteiger partial charge in [0.1, 0.15) is 12.4 Å². The quantitative estimate of drug-likeness (QED) is 0.618. The van der Waals surface area contributed by atoms with Gasteiger partial charge in [-0.25, -0.2) is 4.98 Å². The van der Waals surface area contributed by atoms with E-state index in [0.29, 0.717) is 71.8 Å². The number of rotatable bonds is 4. The lowest BCUT2D eigenvalue weighted by molar-refractivity contribution is -0.141. The molecule has 3 aromatic rings. The predicted molar refractivity (Wildman–Crippen MR) is 127 cm³/mol. The van der Waals surface area contributed by atoms with Crippen LogP contribution in [0.1, 0.15) is 5.56 Å². The maximum atomic E-state index is 13.1. The van der Waals surface area contributed by atoms with Gasteiger partial charge < -0.3 is 34.5 Å². The zero-order chi connectivity index (χ0) is 23.8. The summed E-state index contributed by atoms with van der Waals surface area (Å²) in [7, 11) is 3.15. The van der Waals surface area contributed by atoms with Gasteiger partial charge in [0, 0.05) is 37.6 Å². The average molecular weight is 466 g/mol. The van der Waals surface area contributed by atoms with Crippen LogP contribution in [0.25, 0.3) is 10.9 Å². The van der Waals surface area contributed by atoms with Crippen molar-refractivity contribution >= 4 is 28.6 Å². The molecule has 2 aromatic carbocycles. The Kier molecular flexibility index (Phi) is 5.64. The second-order valence-electron chi connectivity index (χ2n) is 8.27. The molecule has 0 spiro atoms. The first-order valence-corrected chi connectivity index (χ1v) is 11.1. The van der Waals surface area contributed by atoms with E-state index in [9.17, 15) is 4.79 Å². The molecule has 1 unspecified atom stereocenters. The van der Waals surface area contributed by atoms with Crippen molar-refractivity contribution in [3.8, 4) is 23.0 Å². The van der Waals surface area contributed by atoms with Crippen LogP contribution in [0.3, 0.4) is 0 Å². The van der Waals surface area contributed by atoms with Gasteiger partial charge in [-0.1, -0.05) is 12.1 Å². The van der Waals surface area contributed by atoms with E-state index in [1.807, 2.05) is 30.0 Å². The number of hydrogen-bond donors (Lipinski definition) is 1. The zero-order valence-corrected chi connectivity index (χ0v) is 19.4. The molecule has 3 heterocycles. The summed E-state index contributed by atoms with van der Waals surface area (Å²) in [4.78, 5) is 26.1. The Morgan fingerprint density at radius 3 is 2.56 bits per heavy atom. The number of aromatic nitrogens is 2. The number of anilines is 2. The third kappa shape index (κ3) is 3.85. The van der Waals surface area contributed by atoms with Crippen molar-refractivity contribution in [1.29, 1.82) is 0 Å². The van der Waals surface area contributed by atoms with Crippen LogP contribution in [-0.2, 0) is 4.79 Å². The second kappa shape index (κ2) is 8.77. The number of nitrogens with two attached hydrogens (primary N) is 1. The molecule has 2 N–H and O–H groups in total. The van der Waals surface area contributed by atoms with E-state index >= 15 is 0 Å². The monoisotopic (exact) mass is 465 g/mol. The van der Waals surface area contributed by atoms with E-state index in [2.05, 4.69) is 9.97 Å². The number of ether oxygens (including phenoxy) is 4. The molecule has 2 aliphatic heterocycles. The van der Waals surface area contributed by atoms with Crippen LogP contribution in [0, 0.1) is 6.92 Å². The summed E-state index contributed by atoms with van der Waals surface area (Å²) in [5, 5.41) is 0.695. The summed E-state index contributed by atoms with van der Waals surface area (Å²) in [5.74, 6) is 3.25. The largest absolute Gasteiger partial charge is 0.493 e. The number of nitrogens with zero attached hydrogens (tertiary/aromatic N) is 4. The fraction of sp³-hybridized carbons (Fsp3) is 0.375. The van der Waals surface area contributed by atoms with Gasteiger partial charge in [0.2, 0.25) is 12.1 Å². The van der Waals surface area contributed by atoms with Crippen molar-refractivity contribution in [2.24, 2.45) is 0 Å². The van der Waals surface area contributed by atoms with Crippen molar-refractivity contribution in [3.05, 3.63) is 35.9 Å². The van der Waals surface area contributed by atoms with Crippen molar-refractivity contribution in [2.45, 2.75) is 13.0 Å². The Morgan fingerprint density at radius 2 is 1.82 bits per heavy atom. The SMILES string of the molecule is COc1cc2nc(N3CCN(C(=O)C4COc5cccc(C)c5O4)CC3)nc(N)c2cc1OC. The van der Waals surface area contributed by atoms with Crippen molar-refractivity contribution in [1.82, 2.24) is 14.9 Å². The van der Waals surface area contributed by atoms with E-state index in [1.54, 1.807) is 31.3 Å². The molecule has 178 valence electrons. The van der Waals surface area contributed by atoms with E-state index in [-0.39, 0.29) is 12.5 Å². The number of carbonyl (C=O) groups excluding carboxylic acids is 1. The lowest BCUT2D eigenvalue weighted by Crippen LogP contribution is -2.54. The van der Waals surface area contributed by atoms with Crippen LogP contribution >= 0.6 is 0 Å². The van der Waals surface area contributed by atoms with Gasteiger partial charge in [-0.3, -0.25) is 4.79 Å². The van der Waals surface area contributed by atoms with Gasteiger partial charge in [-0.05, 0) is 24.6 Å². The summed E-state index contributed by atoms with van der Waals surface area (Å²) in [6.45, 7) is 4.33. The number of carbonyl (C=O) groups is 1. The van der Waals surface area contributed by atoms with E-state index in [4.69, 9.17) is 24.7 Å². The molecule has 1 atom stereocenters. The van der Waals surface area contributed by atoms with Gasteiger partial charge in [0.25, 0.3) is 5.91 Å². The minimum atomic E-state index is -0.657. The Labute approximate surface area is 197 Å². The van der Waals surface area contributed by atoms with Crippen LogP contribution in [0.2, 0.25) is 0 Å². The first kappa shape index (κ1) is 21.9. The second-order valence-corrected chi connectivity index (χ2v) is 8.27. The van der Waals surface area contributed by atoms with Crippen molar-refractivity contribution < 1.29 is 23.7 Å². The number of methoxy groups -OCH3 is 2. The Morgan fingerprint density at radius 1 is 1.09 bits per heavy atom. The number of piperazine rings is 1. The lowest BCUT2D eigenvalue weighted by Gasteiger charge is -2.37. The molecular formula is C24H27N5O5. The minimum Gasteiger partial charge on any atom is -0.493 e. The molecule has 1 amide bonds. The van der Waals surface area contributed by atoms with E-state index in [0.717, 1.165) is 5.56 Å². The molecule has 34 heavy (non-hydrogen) atoms. The molecule has 2 aliphatic rings. The lowest BCUT2D eigenvalue weighted by atomic mass is 10.1. The molecule has 0 aliphatic carbocycles. The minimum absolute atomic E-state index is 0.0793. The Balaban J connectivity index is 1.29. The van der Waals surface area contributed by atoms with Crippen molar-refractivity contribution in [3.63, 3.8) is 0 Å². The maximum absolute atomic E-state index is 13.1.